The number of para-hydroxylation sites is 1. The van der Waals surface area contributed by atoms with Gasteiger partial charge in [0.15, 0.2) is 11.0 Å². The lowest BCUT2D eigenvalue weighted by Gasteiger charge is -2.43. The highest BCUT2D eigenvalue weighted by Crippen LogP contribution is 2.44. The predicted molar refractivity (Wildman–Crippen MR) is 142 cm³/mol. The Hall–Kier alpha value is -4.30. The maximum Gasteiger partial charge on any atom is 0.573 e. The highest BCUT2D eigenvalue weighted by atomic mass is 32.1. The van der Waals surface area contributed by atoms with E-state index >= 15 is 0 Å². The lowest BCUT2D eigenvalue weighted by Crippen LogP contribution is -2.48. The molecular formula is C26H25F3N6O4S. The van der Waals surface area contributed by atoms with Gasteiger partial charge in [0.2, 0.25) is 0 Å². The molecule has 1 aromatic heterocycles. The van der Waals surface area contributed by atoms with Crippen molar-refractivity contribution in [3.8, 4) is 11.5 Å². The summed E-state index contributed by atoms with van der Waals surface area (Å²) in [6, 6.07) is 13.5. The fourth-order valence-corrected chi connectivity index (χ4v) is 5.20. The normalized spacial score (nSPS) is 15.6. The molecule has 2 aromatic carbocycles. The summed E-state index contributed by atoms with van der Waals surface area (Å²) in [6.45, 7) is 1.06. The number of aliphatic carboxylic acids is 1. The van der Waals surface area contributed by atoms with E-state index in [2.05, 4.69) is 31.5 Å². The first kappa shape index (κ1) is 28.7. The standard InChI is InChI=1S/C24H20F3N5O2S.C2H5NO2/c25-24(26,27)33-16-7-5-15(6-8-16)18-13-23(34-19-4-2-1-3-17(18)19)9-11-32(12-10-23)22-30-14-20(35-22)21(28)31-29;3-1-2(4)5/h1-8,13-14,28-29H,9-12H2;1,3H2,(H,4,5). The zero-order chi connectivity index (χ0) is 28.9. The van der Waals surface area contributed by atoms with Crippen LogP contribution in [0.5, 0.6) is 11.5 Å². The van der Waals surface area contributed by atoms with Gasteiger partial charge in [-0.05, 0) is 35.4 Å². The van der Waals surface area contributed by atoms with Gasteiger partial charge in [0.05, 0.1) is 17.6 Å². The van der Waals surface area contributed by atoms with E-state index in [4.69, 9.17) is 20.8 Å². The number of amidine groups is 1. The molecule has 3 heterocycles. The number of benzene rings is 2. The van der Waals surface area contributed by atoms with Gasteiger partial charge in [0.1, 0.15) is 17.1 Å². The molecule has 0 unspecified atom stereocenters. The summed E-state index contributed by atoms with van der Waals surface area (Å²) in [5, 5.41) is 19.2. The Morgan fingerprint density at radius 3 is 2.45 bits per heavy atom. The number of nitrogens with two attached hydrogens (primary N) is 1. The van der Waals surface area contributed by atoms with Crippen LogP contribution in [0.4, 0.5) is 18.3 Å². The second-order valence-electron chi connectivity index (χ2n) is 8.85. The van der Waals surface area contributed by atoms with Gasteiger partial charge in [0, 0.05) is 31.5 Å². The zero-order valence-electron chi connectivity index (χ0n) is 20.9. The molecule has 1 spiro atoms. The van der Waals surface area contributed by atoms with Crippen LogP contribution in [0, 0.1) is 10.9 Å². The van der Waals surface area contributed by atoms with Crippen LogP contribution in [0.2, 0.25) is 0 Å². The molecule has 1 fully saturated rings. The van der Waals surface area contributed by atoms with Crippen molar-refractivity contribution >= 4 is 33.8 Å². The first-order chi connectivity index (χ1) is 19.0. The highest BCUT2D eigenvalue weighted by Gasteiger charge is 2.39. The molecule has 0 saturated carbocycles. The maximum absolute atomic E-state index is 12.6. The molecule has 0 amide bonds. The maximum atomic E-state index is 12.6. The number of fused-ring (bicyclic) bond motifs is 1. The van der Waals surface area contributed by atoms with E-state index in [1.165, 1.54) is 23.5 Å². The molecule has 40 heavy (non-hydrogen) atoms. The number of alkyl halides is 3. The summed E-state index contributed by atoms with van der Waals surface area (Å²) in [5.74, 6) is -0.617. The topological polar surface area (TPSA) is 158 Å². The van der Waals surface area contributed by atoms with Crippen LogP contribution in [0.25, 0.3) is 5.57 Å². The van der Waals surface area contributed by atoms with Crippen molar-refractivity contribution in [3.05, 3.63) is 76.8 Å². The van der Waals surface area contributed by atoms with Gasteiger partial charge in [-0.1, -0.05) is 41.7 Å². The number of rotatable bonds is 5. The van der Waals surface area contributed by atoms with Crippen LogP contribution in [-0.4, -0.2) is 53.5 Å². The number of aromatic nitrogens is 1. The van der Waals surface area contributed by atoms with E-state index in [1.54, 1.807) is 18.3 Å². The Morgan fingerprint density at radius 2 is 1.85 bits per heavy atom. The molecule has 2 aliphatic rings. The number of thiazole rings is 1. The fraction of sp³-hybridized carbons (Fsp3) is 0.269. The van der Waals surface area contributed by atoms with E-state index in [0.717, 1.165) is 27.6 Å². The van der Waals surface area contributed by atoms with Gasteiger partial charge < -0.3 is 25.2 Å². The van der Waals surface area contributed by atoms with E-state index in [0.29, 0.717) is 30.8 Å². The summed E-state index contributed by atoms with van der Waals surface area (Å²) in [7, 11) is 0. The number of carbonyl (C=O) groups is 1. The summed E-state index contributed by atoms with van der Waals surface area (Å²) < 4.78 is 48.2. The van der Waals surface area contributed by atoms with Gasteiger partial charge in [0.25, 0.3) is 0 Å². The first-order valence-corrected chi connectivity index (χ1v) is 12.8. The van der Waals surface area contributed by atoms with Crippen molar-refractivity contribution in [2.24, 2.45) is 10.8 Å². The minimum absolute atomic E-state index is 0.117. The van der Waals surface area contributed by atoms with Crippen molar-refractivity contribution < 1.29 is 32.5 Å². The first-order valence-electron chi connectivity index (χ1n) is 12.0. The van der Waals surface area contributed by atoms with Crippen LogP contribution in [0.1, 0.15) is 28.8 Å². The average molecular weight is 575 g/mol. The monoisotopic (exact) mass is 574 g/mol. The molecular weight excluding hydrogens is 549 g/mol. The van der Waals surface area contributed by atoms with Gasteiger partial charge in [-0.2, -0.15) is 0 Å². The number of halogens is 3. The third-order valence-electron chi connectivity index (χ3n) is 6.19. The van der Waals surface area contributed by atoms with Crippen LogP contribution in [0.15, 0.2) is 65.9 Å². The predicted octanol–water partition coefficient (Wildman–Crippen LogP) is 5.29. The van der Waals surface area contributed by atoms with Crippen molar-refractivity contribution in [1.29, 1.82) is 10.9 Å². The zero-order valence-corrected chi connectivity index (χ0v) is 21.8. The number of carboxylic acid groups (broad SMARTS) is 1. The molecule has 210 valence electrons. The quantitative estimate of drug-likeness (QED) is 0.183. The van der Waals surface area contributed by atoms with E-state index in [9.17, 15) is 18.0 Å². The number of nitrogens with zero attached hydrogens (tertiary/aromatic N) is 3. The lowest BCUT2D eigenvalue weighted by molar-refractivity contribution is -0.274. The van der Waals surface area contributed by atoms with Crippen LogP contribution >= 0.6 is 11.3 Å². The molecule has 0 aliphatic carbocycles. The highest BCUT2D eigenvalue weighted by molar-refractivity contribution is 7.17. The third kappa shape index (κ3) is 6.82. The Labute approximate surface area is 230 Å². The van der Waals surface area contributed by atoms with Crippen LogP contribution < -0.4 is 20.1 Å². The van der Waals surface area contributed by atoms with Gasteiger partial charge in [-0.3, -0.25) is 10.2 Å². The average Bonchev–Trinajstić information content (AvgIpc) is 3.43. The number of piperidine rings is 1. The molecule has 0 bridgehead atoms. The van der Waals surface area contributed by atoms with Gasteiger partial charge >= 0.3 is 12.3 Å². The Bertz CT molecular complexity index is 1420. The summed E-state index contributed by atoms with van der Waals surface area (Å²) in [4.78, 5) is 16.3. The largest absolute Gasteiger partial charge is 0.573 e. The minimum Gasteiger partial charge on any atom is -0.482 e. The molecule has 14 heteroatoms. The minimum atomic E-state index is -4.74. The van der Waals surface area contributed by atoms with Gasteiger partial charge in [-0.15, -0.1) is 18.3 Å². The molecule has 10 nitrogen and oxygen atoms in total. The summed E-state index contributed by atoms with van der Waals surface area (Å²) in [5.41, 5.74) is 13.6. The Kier molecular flexibility index (Phi) is 8.49. The van der Waals surface area contributed by atoms with E-state index in [-0.39, 0.29) is 18.1 Å². The smallest absolute Gasteiger partial charge is 0.482 e. The number of hydrogen-bond acceptors (Lipinski definition) is 9. The van der Waals surface area contributed by atoms with Crippen molar-refractivity contribution in [1.82, 2.24) is 4.98 Å². The number of ether oxygens (including phenoxy) is 2. The van der Waals surface area contributed by atoms with Crippen molar-refractivity contribution in [2.45, 2.75) is 24.8 Å². The van der Waals surface area contributed by atoms with E-state index < -0.39 is 17.9 Å². The number of nitrogens with one attached hydrogen (secondary N) is 2. The SMILES string of the molecule is N=NC(=N)c1cnc(N2CCC3(C=C(c4ccc(OC(F)(F)F)cc4)c4ccccc4O3)CC2)s1.NCC(=O)O. The number of hydrogen-bond donors (Lipinski definition) is 4. The molecule has 0 radical (unpaired) electrons. The fourth-order valence-electron chi connectivity index (χ4n) is 4.34. The molecule has 1 saturated heterocycles. The van der Waals surface area contributed by atoms with Crippen molar-refractivity contribution in [2.75, 3.05) is 24.5 Å². The second-order valence-corrected chi connectivity index (χ2v) is 9.85. The molecule has 2 aliphatic heterocycles. The number of carboxylic acids is 1. The molecule has 3 aromatic rings. The lowest BCUT2D eigenvalue weighted by atomic mass is 9.83. The third-order valence-corrected chi connectivity index (χ3v) is 7.26. The summed E-state index contributed by atoms with van der Waals surface area (Å²) in [6.07, 6.45) is 0.250. The van der Waals surface area contributed by atoms with Gasteiger partial charge in [-0.25, -0.2) is 10.5 Å². The Balaban J connectivity index is 0.000000681. The molecule has 5 N–H and O–H groups in total. The van der Waals surface area contributed by atoms with Crippen LogP contribution in [-0.2, 0) is 4.79 Å². The van der Waals surface area contributed by atoms with Crippen LogP contribution in [0.3, 0.4) is 0 Å². The molecule has 5 rings (SSSR count). The van der Waals surface area contributed by atoms with Crippen molar-refractivity contribution in [3.63, 3.8) is 0 Å². The summed E-state index contributed by atoms with van der Waals surface area (Å²) >= 11 is 1.33. The van der Waals surface area contributed by atoms with E-state index in [1.807, 2.05) is 24.3 Å². The Morgan fingerprint density at radius 1 is 1.20 bits per heavy atom. The number of anilines is 1. The second kappa shape index (κ2) is 11.8. The molecule has 0 atom stereocenters.